The molecule has 2 rings (SSSR count). The van der Waals surface area contributed by atoms with Gasteiger partial charge in [-0.05, 0) is 45.0 Å². The predicted molar refractivity (Wildman–Crippen MR) is 86.4 cm³/mol. The van der Waals surface area contributed by atoms with Crippen molar-refractivity contribution in [3.05, 3.63) is 36.1 Å². The largest absolute Gasteiger partial charge is 0.444 e. The number of carbonyl (C=O) groups is 1. The van der Waals surface area contributed by atoms with Gasteiger partial charge in [-0.3, -0.25) is 0 Å². The van der Waals surface area contributed by atoms with Crippen LogP contribution in [-0.2, 0) is 4.74 Å². The molecular formula is C17H26N2O3. The van der Waals surface area contributed by atoms with Gasteiger partial charge in [0.15, 0.2) is 0 Å². The standard InChI is InChI=1S/C17H26N2O3/c1-16(2,3)22-15(21)19-11-6-14(7-12-19)17(9-13-20)8-4-5-10-18-17/h4-6,8,10,18,20H,7,9,11-13H2,1-3H3. The molecule has 0 aromatic rings. The van der Waals surface area contributed by atoms with E-state index in [0.29, 0.717) is 19.5 Å². The van der Waals surface area contributed by atoms with Crippen LogP contribution in [0.3, 0.4) is 0 Å². The molecule has 5 nitrogen and oxygen atoms in total. The zero-order valence-electron chi connectivity index (χ0n) is 13.6. The van der Waals surface area contributed by atoms with Crippen molar-refractivity contribution in [3.8, 4) is 0 Å². The summed E-state index contributed by atoms with van der Waals surface area (Å²) < 4.78 is 5.41. The van der Waals surface area contributed by atoms with Crippen molar-refractivity contribution in [2.45, 2.75) is 44.8 Å². The second-order valence-corrected chi connectivity index (χ2v) is 6.71. The van der Waals surface area contributed by atoms with Gasteiger partial charge < -0.3 is 20.1 Å². The summed E-state index contributed by atoms with van der Waals surface area (Å²) in [5.41, 5.74) is 0.406. The Morgan fingerprint density at radius 3 is 2.73 bits per heavy atom. The molecule has 1 amide bonds. The number of dihydropyridines is 1. The minimum Gasteiger partial charge on any atom is -0.444 e. The van der Waals surface area contributed by atoms with Crippen molar-refractivity contribution >= 4 is 6.09 Å². The first-order valence-corrected chi connectivity index (χ1v) is 7.77. The van der Waals surface area contributed by atoms with Crippen LogP contribution in [0, 0.1) is 0 Å². The maximum absolute atomic E-state index is 12.1. The van der Waals surface area contributed by atoms with E-state index in [2.05, 4.69) is 17.5 Å². The molecule has 0 aliphatic carbocycles. The van der Waals surface area contributed by atoms with E-state index in [4.69, 9.17) is 4.74 Å². The third kappa shape index (κ3) is 3.91. The van der Waals surface area contributed by atoms with Crippen molar-refractivity contribution in [2.24, 2.45) is 0 Å². The van der Waals surface area contributed by atoms with E-state index in [1.54, 1.807) is 4.90 Å². The quantitative estimate of drug-likeness (QED) is 0.786. The van der Waals surface area contributed by atoms with E-state index in [1.165, 1.54) is 5.57 Å². The lowest BCUT2D eigenvalue weighted by atomic mass is 9.81. The second kappa shape index (κ2) is 6.57. The Labute approximate surface area is 132 Å². The maximum atomic E-state index is 12.1. The van der Waals surface area contributed by atoms with Gasteiger partial charge in [0, 0.05) is 26.1 Å². The molecule has 2 heterocycles. The fraction of sp³-hybridized carbons (Fsp3) is 0.588. The Kier molecular flexibility index (Phi) is 4.96. The maximum Gasteiger partial charge on any atom is 0.410 e. The van der Waals surface area contributed by atoms with Crippen molar-refractivity contribution < 1.29 is 14.6 Å². The Hall–Kier alpha value is -1.75. The molecule has 0 aromatic carbocycles. The lowest BCUT2D eigenvalue weighted by Gasteiger charge is -2.39. The molecule has 22 heavy (non-hydrogen) atoms. The van der Waals surface area contributed by atoms with E-state index < -0.39 is 5.60 Å². The van der Waals surface area contributed by atoms with Gasteiger partial charge in [-0.1, -0.05) is 18.2 Å². The summed E-state index contributed by atoms with van der Waals surface area (Å²) in [4.78, 5) is 13.8. The lowest BCUT2D eigenvalue weighted by Crippen LogP contribution is -2.48. The van der Waals surface area contributed by atoms with Crippen molar-refractivity contribution in [3.63, 3.8) is 0 Å². The first kappa shape index (κ1) is 16.6. The van der Waals surface area contributed by atoms with Crippen LogP contribution in [-0.4, -0.2) is 46.9 Å². The van der Waals surface area contributed by atoms with Crippen molar-refractivity contribution in [1.82, 2.24) is 10.2 Å². The summed E-state index contributed by atoms with van der Waals surface area (Å²) in [7, 11) is 0. The summed E-state index contributed by atoms with van der Waals surface area (Å²) in [6.07, 6.45) is 11.1. The summed E-state index contributed by atoms with van der Waals surface area (Å²) in [6, 6.07) is 0. The number of aliphatic hydroxyl groups excluding tert-OH is 1. The molecule has 122 valence electrons. The number of rotatable bonds is 3. The molecule has 0 bridgehead atoms. The number of carbonyl (C=O) groups excluding carboxylic acids is 1. The highest BCUT2D eigenvalue weighted by Gasteiger charge is 2.33. The number of allylic oxidation sites excluding steroid dienone is 2. The van der Waals surface area contributed by atoms with Gasteiger partial charge in [0.05, 0.1) is 5.54 Å². The number of hydrogen-bond donors (Lipinski definition) is 2. The van der Waals surface area contributed by atoms with Crippen LogP contribution in [0.1, 0.15) is 33.6 Å². The normalized spacial score (nSPS) is 24.7. The molecule has 0 saturated carbocycles. The molecule has 2 N–H and O–H groups in total. The Balaban J connectivity index is 2.05. The van der Waals surface area contributed by atoms with Gasteiger partial charge in [0.1, 0.15) is 5.60 Å². The predicted octanol–water partition coefficient (Wildman–Crippen LogP) is 2.35. The van der Waals surface area contributed by atoms with Gasteiger partial charge >= 0.3 is 6.09 Å². The average Bonchev–Trinajstić information content (AvgIpc) is 2.47. The van der Waals surface area contributed by atoms with Gasteiger partial charge in [-0.2, -0.15) is 0 Å². The van der Waals surface area contributed by atoms with Crippen LogP contribution in [0.25, 0.3) is 0 Å². The monoisotopic (exact) mass is 306 g/mol. The second-order valence-electron chi connectivity index (χ2n) is 6.71. The van der Waals surface area contributed by atoms with Gasteiger partial charge in [0.25, 0.3) is 0 Å². The van der Waals surface area contributed by atoms with Crippen LogP contribution in [0.4, 0.5) is 4.79 Å². The minimum absolute atomic E-state index is 0.109. The highest BCUT2D eigenvalue weighted by Crippen LogP contribution is 2.30. The molecule has 2 aliphatic rings. The molecule has 5 heteroatoms. The van der Waals surface area contributed by atoms with E-state index in [-0.39, 0.29) is 18.2 Å². The highest BCUT2D eigenvalue weighted by molar-refractivity contribution is 5.68. The Bertz CT molecular complexity index is 503. The summed E-state index contributed by atoms with van der Waals surface area (Å²) in [5, 5.41) is 12.7. The van der Waals surface area contributed by atoms with E-state index in [1.807, 2.05) is 39.1 Å². The number of nitrogens with one attached hydrogen (secondary N) is 1. The Morgan fingerprint density at radius 2 is 2.23 bits per heavy atom. The zero-order valence-corrected chi connectivity index (χ0v) is 13.6. The number of aliphatic hydroxyl groups is 1. The van der Waals surface area contributed by atoms with Crippen LogP contribution in [0.5, 0.6) is 0 Å². The molecule has 0 saturated heterocycles. The summed E-state index contributed by atoms with van der Waals surface area (Å²) in [5.74, 6) is 0. The zero-order chi connectivity index (χ0) is 16.2. The summed E-state index contributed by atoms with van der Waals surface area (Å²) in [6.45, 7) is 6.89. The molecule has 0 spiro atoms. The fourth-order valence-electron chi connectivity index (χ4n) is 2.78. The van der Waals surface area contributed by atoms with Crippen LogP contribution >= 0.6 is 0 Å². The number of hydrogen-bond acceptors (Lipinski definition) is 4. The molecular weight excluding hydrogens is 280 g/mol. The Morgan fingerprint density at radius 1 is 1.45 bits per heavy atom. The fourth-order valence-corrected chi connectivity index (χ4v) is 2.78. The SMILES string of the molecule is CC(C)(C)OC(=O)N1CC=C(C2(CCO)C=CC=CN2)CC1. The molecule has 0 radical (unpaired) electrons. The molecule has 2 aliphatic heterocycles. The molecule has 1 unspecified atom stereocenters. The minimum atomic E-state index is -0.475. The molecule has 0 fully saturated rings. The van der Waals surface area contributed by atoms with Gasteiger partial charge in [0.2, 0.25) is 0 Å². The first-order chi connectivity index (χ1) is 10.4. The van der Waals surface area contributed by atoms with Crippen LogP contribution in [0.15, 0.2) is 36.1 Å². The van der Waals surface area contributed by atoms with Crippen molar-refractivity contribution in [1.29, 1.82) is 0 Å². The smallest absolute Gasteiger partial charge is 0.410 e. The topological polar surface area (TPSA) is 61.8 Å². The third-order valence-corrected chi connectivity index (χ3v) is 3.87. The van der Waals surface area contributed by atoms with E-state index >= 15 is 0 Å². The van der Waals surface area contributed by atoms with E-state index in [9.17, 15) is 9.90 Å². The number of nitrogens with zero attached hydrogens (tertiary/aromatic N) is 1. The molecule has 1 atom stereocenters. The highest BCUT2D eigenvalue weighted by atomic mass is 16.6. The van der Waals surface area contributed by atoms with Gasteiger partial charge in [-0.15, -0.1) is 0 Å². The van der Waals surface area contributed by atoms with Crippen LogP contribution < -0.4 is 5.32 Å². The lowest BCUT2D eigenvalue weighted by molar-refractivity contribution is 0.0262. The first-order valence-electron chi connectivity index (χ1n) is 7.77. The molecule has 0 aromatic heterocycles. The summed E-state index contributed by atoms with van der Waals surface area (Å²) >= 11 is 0. The average molecular weight is 306 g/mol. The number of ether oxygens (including phenoxy) is 1. The van der Waals surface area contributed by atoms with E-state index in [0.717, 1.165) is 6.42 Å². The van der Waals surface area contributed by atoms with Crippen molar-refractivity contribution in [2.75, 3.05) is 19.7 Å². The van der Waals surface area contributed by atoms with Gasteiger partial charge in [-0.25, -0.2) is 4.79 Å². The third-order valence-electron chi connectivity index (χ3n) is 3.87. The van der Waals surface area contributed by atoms with Crippen LogP contribution in [0.2, 0.25) is 0 Å². The number of amides is 1.